The Morgan fingerprint density at radius 1 is 1.26 bits per heavy atom. The molecule has 2 heterocycles. The van der Waals surface area contributed by atoms with E-state index < -0.39 is 12.6 Å². The summed E-state index contributed by atoms with van der Waals surface area (Å²) in [6.45, 7) is 5.43. The van der Waals surface area contributed by atoms with Crippen LogP contribution in [0, 0.1) is 6.92 Å². The molecule has 3 rings (SSSR count). The number of carboxylic acid groups (broad SMARTS) is 1. The normalized spacial score (nSPS) is 11.0. The Bertz CT molecular complexity index is 993. The summed E-state index contributed by atoms with van der Waals surface area (Å²) in [5.74, 6) is -0.907. The van der Waals surface area contributed by atoms with Crippen LogP contribution in [0.3, 0.4) is 0 Å². The van der Waals surface area contributed by atoms with E-state index in [-0.39, 0.29) is 11.9 Å². The average molecular weight is 368 g/mol. The second-order valence-electron chi connectivity index (χ2n) is 6.39. The molecule has 0 saturated carbocycles. The number of carbonyl (C=O) groups is 2. The molecular formula is C19H20N4O4. The van der Waals surface area contributed by atoms with Crippen molar-refractivity contribution in [2.45, 2.75) is 26.8 Å². The molecule has 2 aromatic heterocycles. The van der Waals surface area contributed by atoms with Gasteiger partial charge in [-0.1, -0.05) is 0 Å². The molecule has 8 nitrogen and oxygen atoms in total. The van der Waals surface area contributed by atoms with Gasteiger partial charge in [0, 0.05) is 17.4 Å². The van der Waals surface area contributed by atoms with Crippen molar-refractivity contribution < 1.29 is 19.4 Å². The van der Waals surface area contributed by atoms with Crippen LogP contribution < -0.4 is 10.1 Å². The van der Waals surface area contributed by atoms with Crippen LogP contribution in [-0.4, -0.2) is 38.4 Å². The number of nitrogens with one attached hydrogen (secondary N) is 1. The minimum atomic E-state index is -1.05. The molecule has 0 aliphatic heterocycles. The van der Waals surface area contributed by atoms with Crippen molar-refractivity contribution in [3.63, 3.8) is 0 Å². The van der Waals surface area contributed by atoms with E-state index in [1.807, 2.05) is 20.8 Å². The predicted molar refractivity (Wildman–Crippen MR) is 100 cm³/mol. The second-order valence-corrected chi connectivity index (χ2v) is 6.39. The highest BCUT2D eigenvalue weighted by Crippen LogP contribution is 2.23. The Kier molecular flexibility index (Phi) is 5.07. The van der Waals surface area contributed by atoms with Gasteiger partial charge in [-0.15, -0.1) is 0 Å². The number of fused-ring (bicyclic) bond motifs is 1. The van der Waals surface area contributed by atoms with Crippen molar-refractivity contribution in [2.24, 2.45) is 0 Å². The number of benzene rings is 1. The molecule has 27 heavy (non-hydrogen) atoms. The summed E-state index contributed by atoms with van der Waals surface area (Å²) in [7, 11) is 0. The zero-order valence-electron chi connectivity index (χ0n) is 15.3. The standard InChI is InChI=1S/C19H20N4O4/c1-11(2)23-18-16(9-20-23)15(8-12(3)21-18)19(26)22-13-4-6-14(7-5-13)27-10-17(24)25/h4-9,11H,10H2,1-3H3,(H,22,26)(H,24,25). The molecule has 0 saturated heterocycles. The molecule has 0 spiro atoms. The van der Waals surface area contributed by atoms with Gasteiger partial charge in [-0.05, 0) is 51.1 Å². The van der Waals surface area contributed by atoms with Crippen molar-refractivity contribution in [2.75, 3.05) is 11.9 Å². The van der Waals surface area contributed by atoms with Crippen molar-refractivity contribution in [3.05, 3.63) is 47.8 Å². The van der Waals surface area contributed by atoms with E-state index in [4.69, 9.17) is 9.84 Å². The molecule has 0 aliphatic carbocycles. The van der Waals surface area contributed by atoms with Crippen LogP contribution in [-0.2, 0) is 4.79 Å². The molecule has 0 unspecified atom stereocenters. The first-order valence-electron chi connectivity index (χ1n) is 8.46. The third kappa shape index (κ3) is 4.05. The van der Waals surface area contributed by atoms with Gasteiger partial charge in [0.15, 0.2) is 12.3 Å². The summed E-state index contributed by atoms with van der Waals surface area (Å²) in [6.07, 6.45) is 1.65. The minimum Gasteiger partial charge on any atom is -0.482 e. The van der Waals surface area contributed by atoms with Crippen molar-refractivity contribution in [3.8, 4) is 5.75 Å². The highest BCUT2D eigenvalue weighted by Gasteiger charge is 2.17. The van der Waals surface area contributed by atoms with Gasteiger partial charge in [0.25, 0.3) is 5.91 Å². The second kappa shape index (κ2) is 7.45. The molecule has 2 N–H and O–H groups in total. The monoisotopic (exact) mass is 368 g/mol. The van der Waals surface area contributed by atoms with Gasteiger partial charge in [0.1, 0.15) is 5.75 Å². The maximum absolute atomic E-state index is 12.8. The van der Waals surface area contributed by atoms with E-state index in [1.54, 1.807) is 41.2 Å². The number of anilines is 1. The fourth-order valence-corrected chi connectivity index (χ4v) is 2.69. The number of aryl methyl sites for hydroxylation is 1. The molecule has 0 atom stereocenters. The average Bonchev–Trinajstić information content (AvgIpc) is 3.04. The number of aliphatic carboxylic acids is 1. The number of rotatable bonds is 6. The number of pyridine rings is 1. The van der Waals surface area contributed by atoms with Gasteiger partial charge in [-0.2, -0.15) is 5.10 Å². The number of hydrogen-bond acceptors (Lipinski definition) is 5. The first-order valence-corrected chi connectivity index (χ1v) is 8.46. The van der Waals surface area contributed by atoms with Crippen LogP contribution in [0.25, 0.3) is 11.0 Å². The zero-order chi connectivity index (χ0) is 19.6. The van der Waals surface area contributed by atoms with Crippen molar-refractivity contribution >= 4 is 28.6 Å². The number of carboxylic acids is 1. The van der Waals surface area contributed by atoms with Crippen LogP contribution in [0.2, 0.25) is 0 Å². The number of ether oxygens (including phenoxy) is 1. The summed E-state index contributed by atoms with van der Waals surface area (Å²) in [5.41, 5.74) is 2.47. The van der Waals surface area contributed by atoms with Gasteiger partial charge >= 0.3 is 5.97 Å². The fraction of sp³-hybridized carbons (Fsp3) is 0.263. The van der Waals surface area contributed by atoms with E-state index >= 15 is 0 Å². The summed E-state index contributed by atoms with van der Waals surface area (Å²) in [4.78, 5) is 27.8. The zero-order valence-corrected chi connectivity index (χ0v) is 15.3. The van der Waals surface area contributed by atoms with Crippen LogP contribution in [0.15, 0.2) is 36.5 Å². The Morgan fingerprint density at radius 3 is 2.59 bits per heavy atom. The molecule has 0 fully saturated rings. The lowest BCUT2D eigenvalue weighted by molar-refractivity contribution is -0.139. The summed E-state index contributed by atoms with van der Waals surface area (Å²) in [5, 5.41) is 16.5. The quantitative estimate of drug-likeness (QED) is 0.693. The lowest BCUT2D eigenvalue weighted by Crippen LogP contribution is -2.13. The van der Waals surface area contributed by atoms with Crippen molar-refractivity contribution in [1.29, 1.82) is 0 Å². The topological polar surface area (TPSA) is 106 Å². The van der Waals surface area contributed by atoms with E-state index in [1.165, 1.54) is 0 Å². The highest BCUT2D eigenvalue weighted by molar-refractivity contribution is 6.12. The third-order valence-electron chi connectivity index (χ3n) is 3.90. The van der Waals surface area contributed by atoms with Gasteiger partial charge in [-0.25, -0.2) is 14.5 Å². The van der Waals surface area contributed by atoms with Gasteiger partial charge < -0.3 is 15.2 Å². The molecule has 1 aromatic carbocycles. The maximum atomic E-state index is 12.8. The molecule has 8 heteroatoms. The number of amides is 1. The SMILES string of the molecule is Cc1cc(C(=O)Nc2ccc(OCC(=O)O)cc2)c2cnn(C(C)C)c2n1. The van der Waals surface area contributed by atoms with Crippen LogP contribution in [0.5, 0.6) is 5.75 Å². The first-order chi connectivity index (χ1) is 12.8. The Labute approximate surface area is 155 Å². The van der Waals surface area contributed by atoms with E-state index in [0.717, 1.165) is 5.69 Å². The third-order valence-corrected chi connectivity index (χ3v) is 3.90. The van der Waals surface area contributed by atoms with Crippen molar-refractivity contribution in [1.82, 2.24) is 14.8 Å². The molecule has 0 bridgehead atoms. The van der Waals surface area contributed by atoms with Crippen LogP contribution in [0.4, 0.5) is 5.69 Å². The maximum Gasteiger partial charge on any atom is 0.341 e. The number of aromatic nitrogens is 3. The molecule has 140 valence electrons. The number of carbonyl (C=O) groups excluding carboxylic acids is 1. The fourth-order valence-electron chi connectivity index (χ4n) is 2.69. The summed E-state index contributed by atoms with van der Waals surface area (Å²) in [6, 6.07) is 8.36. The van der Waals surface area contributed by atoms with Crippen LogP contribution in [0.1, 0.15) is 35.9 Å². The number of hydrogen-bond donors (Lipinski definition) is 2. The van der Waals surface area contributed by atoms with E-state index in [9.17, 15) is 9.59 Å². The predicted octanol–water partition coefficient (Wildman–Crippen LogP) is 3.04. The molecule has 0 radical (unpaired) electrons. The van der Waals surface area contributed by atoms with Crippen LogP contribution >= 0.6 is 0 Å². The Hall–Kier alpha value is -3.42. The smallest absolute Gasteiger partial charge is 0.341 e. The van der Waals surface area contributed by atoms with Gasteiger partial charge in [0.05, 0.1) is 17.1 Å². The van der Waals surface area contributed by atoms with E-state index in [0.29, 0.717) is 28.0 Å². The first kappa shape index (κ1) is 18.4. The number of nitrogens with zero attached hydrogens (tertiary/aromatic N) is 3. The summed E-state index contributed by atoms with van der Waals surface area (Å²) >= 11 is 0. The Morgan fingerprint density at radius 2 is 1.96 bits per heavy atom. The Balaban J connectivity index is 1.83. The largest absolute Gasteiger partial charge is 0.482 e. The molecule has 0 aliphatic rings. The van der Waals surface area contributed by atoms with Gasteiger partial charge in [0.2, 0.25) is 0 Å². The lowest BCUT2D eigenvalue weighted by atomic mass is 10.1. The van der Waals surface area contributed by atoms with Gasteiger partial charge in [-0.3, -0.25) is 4.79 Å². The molecular weight excluding hydrogens is 348 g/mol. The highest BCUT2D eigenvalue weighted by atomic mass is 16.5. The lowest BCUT2D eigenvalue weighted by Gasteiger charge is -2.10. The summed E-state index contributed by atoms with van der Waals surface area (Å²) < 4.78 is 6.86. The van der Waals surface area contributed by atoms with E-state index in [2.05, 4.69) is 15.4 Å². The molecule has 3 aromatic rings. The molecule has 1 amide bonds. The minimum absolute atomic E-state index is 0.131.